The van der Waals surface area contributed by atoms with Crippen LogP contribution in [0.1, 0.15) is 31.2 Å². The number of rotatable bonds is 4. The molecule has 1 heterocycles. The van der Waals surface area contributed by atoms with Crippen molar-refractivity contribution in [2.75, 3.05) is 6.61 Å². The minimum absolute atomic E-state index is 0.538. The Kier molecular flexibility index (Phi) is 3.56. The molecule has 0 amide bonds. The average molecular weight is 206 g/mol. The van der Waals surface area contributed by atoms with Gasteiger partial charge in [-0.1, -0.05) is 18.9 Å². The lowest BCUT2D eigenvalue weighted by Gasteiger charge is -2.10. The maximum absolute atomic E-state index is 5.64. The topological polar surface area (TPSA) is 48.1 Å². The molecule has 3 heteroatoms. The van der Waals surface area contributed by atoms with Gasteiger partial charge in [0.05, 0.1) is 6.61 Å². The normalized spacial score (nSPS) is 16.9. The van der Waals surface area contributed by atoms with Gasteiger partial charge in [-0.3, -0.25) is 0 Å². The van der Waals surface area contributed by atoms with E-state index >= 15 is 0 Å². The molecule has 0 aromatic carbocycles. The van der Waals surface area contributed by atoms with Crippen molar-refractivity contribution in [2.24, 2.45) is 11.7 Å². The highest BCUT2D eigenvalue weighted by molar-refractivity contribution is 5.17. The fraction of sp³-hybridized carbons (Fsp3) is 0.583. The zero-order valence-corrected chi connectivity index (χ0v) is 8.98. The maximum Gasteiger partial charge on any atom is 0.213 e. The molecule has 1 fully saturated rings. The molecule has 1 aliphatic rings. The molecule has 0 bridgehead atoms. The predicted molar refractivity (Wildman–Crippen MR) is 59.6 cm³/mol. The molecule has 0 unspecified atom stereocenters. The van der Waals surface area contributed by atoms with Crippen molar-refractivity contribution in [3.8, 4) is 5.88 Å². The number of nitrogens with two attached hydrogens (primary N) is 1. The van der Waals surface area contributed by atoms with Crippen LogP contribution in [0, 0.1) is 5.92 Å². The quantitative estimate of drug-likeness (QED) is 0.820. The van der Waals surface area contributed by atoms with Gasteiger partial charge in [0.2, 0.25) is 5.88 Å². The van der Waals surface area contributed by atoms with Crippen molar-refractivity contribution < 1.29 is 4.74 Å². The molecule has 0 saturated heterocycles. The Hall–Kier alpha value is -1.09. The van der Waals surface area contributed by atoms with Gasteiger partial charge < -0.3 is 10.5 Å². The molecular formula is C12H18N2O. The minimum atomic E-state index is 0.538. The number of hydrogen-bond donors (Lipinski definition) is 1. The molecule has 0 radical (unpaired) electrons. The standard InChI is InChI=1S/C12H18N2O/c13-7-11-5-6-12(14-8-11)15-9-10-3-1-2-4-10/h5-6,8,10H,1-4,7,9,13H2. The summed E-state index contributed by atoms with van der Waals surface area (Å²) in [6, 6.07) is 3.87. The summed E-state index contributed by atoms with van der Waals surface area (Å²) in [5, 5.41) is 0. The number of hydrogen-bond acceptors (Lipinski definition) is 3. The van der Waals surface area contributed by atoms with Crippen LogP contribution in [-0.4, -0.2) is 11.6 Å². The highest BCUT2D eigenvalue weighted by atomic mass is 16.5. The predicted octanol–water partition coefficient (Wildman–Crippen LogP) is 2.11. The van der Waals surface area contributed by atoms with Crippen LogP contribution in [0.15, 0.2) is 18.3 Å². The first-order valence-corrected chi connectivity index (χ1v) is 5.66. The van der Waals surface area contributed by atoms with Crippen LogP contribution in [0.5, 0.6) is 5.88 Å². The van der Waals surface area contributed by atoms with Crippen molar-refractivity contribution in [1.29, 1.82) is 0 Å². The van der Waals surface area contributed by atoms with E-state index in [0.717, 1.165) is 24.0 Å². The van der Waals surface area contributed by atoms with Crippen LogP contribution >= 0.6 is 0 Å². The average Bonchev–Trinajstić information content (AvgIpc) is 2.80. The summed E-state index contributed by atoms with van der Waals surface area (Å²) in [7, 11) is 0. The molecule has 2 rings (SSSR count). The fourth-order valence-corrected chi connectivity index (χ4v) is 2.00. The third-order valence-electron chi connectivity index (χ3n) is 2.97. The van der Waals surface area contributed by atoms with Gasteiger partial charge in [-0.2, -0.15) is 0 Å². The van der Waals surface area contributed by atoms with Gasteiger partial charge in [-0.15, -0.1) is 0 Å². The highest BCUT2D eigenvalue weighted by Gasteiger charge is 2.15. The molecule has 0 aliphatic heterocycles. The van der Waals surface area contributed by atoms with E-state index in [1.807, 2.05) is 12.1 Å². The van der Waals surface area contributed by atoms with E-state index in [1.165, 1.54) is 25.7 Å². The summed E-state index contributed by atoms with van der Waals surface area (Å²) < 4.78 is 5.64. The summed E-state index contributed by atoms with van der Waals surface area (Å²) in [5.74, 6) is 1.46. The maximum atomic E-state index is 5.64. The Morgan fingerprint density at radius 3 is 2.73 bits per heavy atom. The first-order valence-electron chi connectivity index (χ1n) is 5.66. The first kappa shape index (κ1) is 10.4. The van der Waals surface area contributed by atoms with E-state index in [-0.39, 0.29) is 0 Å². The van der Waals surface area contributed by atoms with Crippen LogP contribution in [-0.2, 0) is 6.54 Å². The number of aromatic nitrogens is 1. The molecule has 1 saturated carbocycles. The second-order valence-corrected chi connectivity index (χ2v) is 4.17. The number of pyridine rings is 1. The largest absolute Gasteiger partial charge is 0.477 e. The highest BCUT2D eigenvalue weighted by Crippen LogP contribution is 2.25. The van der Waals surface area contributed by atoms with E-state index in [9.17, 15) is 0 Å². The van der Waals surface area contributed by atoms with E-state index in [0.29, 0.717) is 6.54 Å². The van der Waals surface area contributed by atoms with Crippen LogP contribution in [0.4, 0.5) is 0 Å². The monoisotopic (exact) mass is 206 g/mol. The molecule has 15 heavy (non-hydrogen) atoms. The van der Waals surface area contributed by atoms with E-state index in [2.05, 4.69) is 4.98 Å². The lowest BCUT2D eigenvalue weighted by molar-refractivity contribution is 0.243. The van der Waals surface area contributed by atoms with Gasteiger partial charge in [0.15, 0.2) is 0 Å². The first-order chi connectivity index (χ1) is 7.38. The Labute approximate surface area is 90.7 Å². The van der Waals surface area contributed by atoms with Crippen LogP contribution < -0.4 is 10.5 Å². The summed E-state index contributed by atoms with van der Waals surface area (Å²) in [4.78, 5) is 4.21. The Morgan fingerprint density at radius 2 is 2.13 bits per heavy atom. The molecule has 2 N–H and O–H groups in total. The van der Waals surface area contributed by atoms with Gasteiger partial charge in [0, 0.05) is 18.8 Å². The van der Waals surface area contributed by atoms with Crippen molar-refractivity contribution in [3.63, 3.8) is 0 Å². The zero-order chi connectivity index (χ0) is 10.5. The Morgan fingerprint density at radius 1 is 1.33 bits per heavy atom. The fourth-order valence-electron chi connectivity index (χ4n) is 2.00. The summed E-state index contributed by atoms with van der Waals surface area (Å²) in [6.45, 7) is 1.35. The summed E-state index contributed by atoms with van der Waals surface area (Å²) >= 11 is 0. The lowest BCUT2D eigenvalue weighted by atomic mass is 10.1. The van der Waals surface area contributed by atoms with Gasteiger partial charge in [0.25, 0.3) is 0 Å². The smallest absolute Gasteiger partial charge is 0.213 e. The van der Waals surface area contributed by atoms with Gasteiger partial charge in [-0.05, 0) is 24.3 Å². The minimum Gasteiger partial charge on any atom is -0.477 e. The molecule has 0 atom stereocenters. The molecule has 1 aromatic rings. The summed E-state index contributed by atoms with van der Waals surface area (Å²) in [5.41, 5.74) is 6.54. The molecule has 0 spiro atoms. The van der Waals surface area contributed by atoms with Crippen molar-refractivity contribution in [3.05, 3.63) is 23.9 Å². The molecule has 1 aliphatic carbocycles. The third-order valence-corrected chi connectivity index (χ3v) is 2.97. The SMILES string of the molecule is NCc1ccc(OCC2CCCC2)nc1. The van der Waals surface area contributed by atoms with Crippen molar-refractivity contribution in [2.45, 2.75) is 32.2 Å². The number of ether oxygens (including phenoxy) is 1. The molecule has 3 nitrogen and oxygen atoms in total. The Bertz CT molecular complexity index is 291. The van der Waals surface area contributed by atoms with Crippen LogP contribution in [0.2, 0.25) is 0 Å². The molecule has 82 valence electrons. The van der Waals surface area contributed by atoms with E-state index in [1.54, 1.807) is 6.20 Å². The molecule has 1 aromatic heterocycles. The van der Waals surface area contributed by atoms with Crippen LogP contribution in [0.3, 0.4) is 0 Å². The van der Waals surface area contributed by atoms with Gasteiger partial charge >= 0.3 is 0 Å². The lowest BCUT2D eigenvalue weighted by Crippen LogP contribution is -2.09. The van der Waals surface area contributed by atoms with E-state index < -0.39 is 0 Å². The van der Waals surface area contributed by atoms with Crippen molar-refractivity contribution in [1.82, 2.24) is 4.98 Å². The second-order valence-electron chi connectivity index (χ2n) is 4.17. The third kappa shape index (κ3) is 2.93. The second kappa shape index (κ2) is 5.12. The van der Waals surface area contributed by atoms with Crippen molar-refractivity contribution >= 4 is 0 Å². The summed E-state index contributed by atoms with van der Waals surface area (Å²) in [6.07, 6.45) is 7.10. The molecular weight excluding hydrogens is 188 g/mol. The van der Waals surface area contributed by atoms with Gasteiger partial charge in [-0.25, -0.2) is 4.98 Å². The van der Waals surface area contributed by atoms with E-state index in [4.69, 9.17) is 10.5 Å². The zero-order valence-electron chi connectivity index (χ0n) is 8.98. The Balaban J connectivity index is 1.82. The van der Waals surface area contributed by atoms with Gasteiger partial charge in [0.1, 0.15) is 0 Å². The number of nitrogens with zero attached hydrogens (tertiary/aromatic N) is 1. The van der Waals surface area contributed by atoms with Crippen LogP contribution in [0.25, 0.3) is 0 Å².